The van der Waals surface area contributed by atoms with E-state index in [2.05, 4.69) is 20.8 Å². The molecule has 0 heterocycles. The van der Waals surface area contributed by atoms with E-state index < -0.39 is 0 Å². The van der Waals surface area contributed by atoms with Gasteiger partial charge in [-0.05, 0) is 19.3 Å². The van der Waals surface area contributed by atoms with Crippen molar-refractivity contribution in [1.29, 1.82) is 0 Å². The van der Waals surface area contributed by atoms with Gasteiger partial charge in [-0.3, -0.25) is 0 Å². The third kappa shape index (κ3) is 61.2. The molecule has 0 atom stereocenters. The van der Waals surface area contributed by atoms with Crippen molar-refractivity contribution in [3.8, 4) is 0 Å². The molecule has 4 heteroatoms. The van der Waals surface area contributed by atoms with Crippen LogP contribution < -0.4 is 0 Å². The minimum absolute atomic E-state index is 0. The first-order valence-corrected chi connectivity index (χ1v) is 6.07. The van der Waals surface area contributed by atoms with Crippen LogP contribution in [0.2, 0.25) is 0 Å². The van der Waals surface area contributed by atoms with Gasteiger partial charge in [-0.1, -0.05) is 40.0 Å². The molecule has 0 unspecified atom stereocenters. The van der Waals surface area contributed by atoms with Crippen molar-refractivity contribution in [2.24, 2.45) is 0 Å². The fourth-order valence-electron chi connectivity index (χ4n) is 0.474. The number of hydrogen-bond acceptors (Lipinski definition) is 3. The predicted octanol–water partition coefficient (Wildman–Crippen LogP) is 2.33. The van der Waals surface area contributed by atoms with E-state index >= 15 is 0 Å². The maximum absolute atomic E-state index is 8.07. The van der Waals surface area contributed by atoms with E-state index in [1.54, 1.807) is 0 Å². The maximum Gasteiger partial charge on any atom is 0.0430 e. The molecule has 0 spiro atoms. The van der Waals surface area contributed by atoms with E-state index in [4.69, 9.17) is 15.3 Å². The second-order valence-corrected chi connectivity index (χ2v) is 3.23. The van der Waals surface area contributed by atoms with Crippen molar-refractivity contribution >= 4 is 0 Å². The molecule has 16 heavy (non-hydrogen) atoms. The van der Waals surface area contributed by atoms with Gasteiger partial charge < -0.3 is 15.3 Å². The Labute approximate surface area is 120 Å². The van der Waals surface area contributed by atoms with Crippen LogP contribution in [0.15, 0.2) is 0 Å². The summed E-state index contributed by atoms with van der Waals surface area (Å²) in [5, 5.41) is 24.2. The molecule has 1 radical (unpaired) electrons. The van der Waals surface area contributed by atoms with Gasteiger partial charge in [-0.15, -0.1) is 0 Å². The number of aliphatic hydroxyl groups is 3. The average Bonchev–Trinajstić information content (AvgIpc) is 2.23. The Morgan fingerprint density at radius 2 is 0.750 bits per heavy atom. The molecule has 0 rings (SSSR count). The summed E-state index contributed by atoms with van der Waals surface area (Å²) in [6.07, 6.45) is 6.11. The first-order chi connectivity index (χ1) is 7.24. The van der Waals surface area contributed by atoms with Crippen LogP contribution in [-0.4, -0.2) is 35.1 Å². The Balaban J connectivity index is -0.0000000655. The van der Waals surface area contributed by atoms with Crippen molar-refractivity contribution in [3.05, 3.63) is 0 Å². The molecule has 99 valence electrons. The standard InChI is InChI=1S/3C4H10O.Sc/c3*1-2-3-4-5;/h3*5H,2-4H2,1H3;. The van der Waals surface area contributed by atoms with Gasteiger partial charge in [0.15, 0.2) is 0 Å². The predicted molar refractivity (Wildman–Crippen MR) is 66.0 cm³/mol. The Morgan fingerprint density at radius 1 is 0.562 bits per heavy atom. The monoisotopic (exact) mass is 267 g/mol. The second-order valence-electron chi connectivity index (χ2n) is 3.23. The number of unbranched alkanes of at least 4 members (excludes halogenated alkanes) is 3. The molecule has 3 N–H and O–H groups in total. The van der Waals surface area contributed by atoms with E-state index in [-0.39, 0.29) is 25.8 Å². The molecule has 0 aromatic rings. The molecule has 0 bridgehead atoms. The van der Waals surface area contributed by atoms with E-state index in [1.807, 2.05) is 0 Å². The van der Waals surface area contributed by atoms with Gasteiger partial charge in [0.1, 0.15) is 0 Å². The van der Waals surface area contributed by atoms with Gasteiger partial charge in [0.2, 0.25) is 0 Å². The number of hydrogen-bond donors (Lipinski definition) is 3. The Kier molecular flexibility index (Phi) is 57.6. The van der Waals surface area contributed by atoms with Gasteiger partial charge in [-0.25, -0.2) is 0 Å². The normalized spacial score (nSPS) is 7.88. The minimum atomic E-state index is 0. The van der Waals surface area contributed by atoms with Crippen LogP contribution in [0, 0.1) is 0 Å². The van der Waals surface area contributed by atoms with E-state index in [1.165, 1.54) is 0 Å². The molecule has 0 aromatic heterocycles. The summed E-state index contributed by atoms with van der Waals surface area (Å²) in [7, 11) is 0. The summed E-state index contributed by atoms with van der Waals surface area (Å²) in [4.78, 5) is 0. The topological polar surface area (TPSA) is 60.7 Å². The van der Waals surface area contributed by atoms with Gasteiger partial charge in [-0.2, -0.15) is 0 Å². The molecule has 0 amide bonds. The molecule has 0 saturated carbocycles. The molecule has 3 nitrogen and oxygen atoms in total. The van der Waals surface area contributed by atoms with Crippen LogP contribution in [0.1, 0.15) is 59.3 Å². The Bertz CT molecular complexity index is 53.0. The van der Waals surface area contributed by atoms with Crippen molar-refractivity contribution in [3.63, 3.8) is 0 Å². The number of aliphatic hydroxyl groups excluding tert-OH is 3. The van der Waals surface area contributed by atoms with Crippen molar-refractivity contribution in [2.45, 2.75) is 59.3 Å². The maximum atomic E-state index is 8.07. The zero-order chi connectivity index (χ0) is 12.4. The Morgan fingerprint density at radius 3 is 0.750 bits per heavy atom. The molecule has 0 fully saturated rings. The summed E-state index contributed by atoms with van der Waals surface area (Å²) in [5.74, 6) is 0. The largest absolute Gasteiger partial charge is 0.396 e. The molecular weight excluding hydrogens is 237 g/mol. The van der Waals surface area contributed by atoms with E-state index in [0.717, 1.165) is 38.5 Å². The fraction of sp³-hybridized carbons (Fsp3) is 1.00. The first kappa shape index (κ1) is 25.6. The molecule has 0 aliphatic rings. The van der Waals surface area contributed by atoms with Crippen LogP contribution in [0.25, 0.3) is 0 Å². The fourth-order valence-corrected chi connectivity index (χ4v) is 0.474. The van der Waals surface area contributed by atoms with Crippen molar-refractivity contribution in [2.75, 3.05) is 19.8 Å². The van der Waals surface area contributed by atoms with Crippen LogP contribution in [0.4, 0.5) is 0 Å². The van der Waals surface area contributed by atoms with Crippen LogP contribution in [0.5, 0.6) is 0 Å². The third-order valence-corrected chi connectivity index (χ3v) is 1.54. The first-order valence-electron chi connectivity index (χ1n) is 6.07. The average molecular weight is 267 g/mol. The van der Waals surface area contributed by atoms with Gasteiger partial charge >= 0.3 is 0 Å². The SMILES string of the molecule is CCCCO.CCCCO.CCCCO.[Sc]. The molecule has 0 aliphatic heterocycles. The molecular formula is C12H30O3Sc. The van der Waals surface area contributed by atoms with E-state index in [9.17, 15) is 0 Å². The van der Waals surface area contributed by atoms with Crippen LogP contribution in [-0.2, 0) is 25.8 Å². The molecule has 0 aromatic carbocycles. The zero-order valence-electron chi connectivity index (χ0n) is 11.3. The minimum Gasteiger partial charge on any atom is -0.396 e. The quantitative estimate of drug-likeness (QED) is 0.692. The van der Waals surface area contributed by atoms with E-state index in [0.29, 0.717) is 19.8 Å². The second kappa shape index (κ2) is 36.0. The summed E-state index contributed by atoms with van der Waals surface area (Å²) in [6, 6.07) is 0. The molecule has 0 saturated heterocycles. The summed E-state index contributed by atoms with van der Waals surface area (Å²) in [6.45, 7) is 7.19. The smallest absolute Gasteiger partial charge is 0.0430 e. The zero-order valence-corrected chi connectivity index (χ0v) is 13.1. The summed E-state index contributed by atoms with van der Waals surface area (Å²) >= 11 is 0. The van der Waals surface area contributed by atoms with Gasteiger partial charge in [0, 0.05) is 45.7 Å². The summed E-state index contributed by atoms with van der Waals surface area (Å²) < 4.78 is 0. The van der Waals surface area contributed by atoms with Crippen molar-refractivity contribution < 1.29 is 41.2 Å². The van der Waals surface area contributed by atoms with Gasteiger partial charge in [0.25, 0.3) is 0 Å². The van der Waals surface area contributed by atoms with Gasteiger partial charge in [0.05, 0.1) is 0 Å². The molecule has 0 aliphatic carbocycles. The number of rotatable bonds is 6. The summed E-state index contributed by atoms with van der Waals surface area (Å²) in [5.41, 5.74) is 0. The Hall–Kier alpha value is 0.750. The van der Waals surface area contributed by atoms with Crippen LogP contribution in [0.3, 0.4) is 0 Å². The van der Waals surface area contributed by atoms with Crippen molar-refractivity contribution in [1.82, 2.24) is 0 Å². The third-order valence-electron chi connectivity index (χ3n) is 1.54. The van der Waals surface area contributed by atoms with Crippen LogP contribution >= 0.6 is 0 Å².